The average Bonchev–Trinajstić information content (AvgIpc) is 3.08. The summed E-state index contributed by atoms with van der Waals surface area (Å²) in [6, 6.07) is 9.23. The fourth-order valence-electron chi connectivity index (χ4n) is 2.31. The number of benzene rings is 1. The van der Waals surface area contributed by atoms with Crippen molar-refractivity contribution in [3.05, 3.63) is 46.7 Å². The Morgan fingerprint density at radius 2 is 2.13 bits per heavy atom. The summed E-state index contributed by atoms with van der Waals surface area (Å²) in [5, 5.41) is 5.93. The van der Waals surface area contributed by atoms with Gasteiger partial charge < -0.3 is 15.4 Å². The summed E-state index contributed by atoms with van der Waals surface area (Å²) < 4.78 is 6.48. The highest BCUT2D eigenvalue weighted by Crippen LogP contribution is 2.17. The maximum Gasteiger partial charge on any atom is 0.270 e. The van der Waals surface area contributed by atoms with E-state index in [4.69, 9.17) is 4.74 Å². The molecule has 2 aromatic rings. The van der Waals surface area contributed by atoms with E-state index in [1.54, 1.807) is 12.3 Å². The number of anilines is 2. The minimum absolute atomic E-state index is 0.112. The van der Waals surface area contributed by atoms with Crippen molar-refractivity contribution < 1.29 is 9.53 Å². The van der Waals surface area contributed by atoms with Crippen LogP contribution >= 0.6 is 15.9 Å². The largest absolute Gasteiger partial charge is 0.376 e. The van der Waals surface area contributed by atoms with Crippen LogP contribution in [0.3, 0.4) is 0 Å². The zero-order valence-electron chi connectivity index (χ0n) is 12.5. The standard InChI is InChI=1S/C16H17BrN4O2/c17-11-3-5-12(6-4-11)20-16-18-8-7-14(21-16)15(22)19-10-13-2-1-9-23-13/h3-8,13H,1-2,9-10H2,(H,19,22)(H,18,20,21). The number of aromatic nitrogens is 2. The highest BCUT2D eigenvalue weighted by molar-refractivity contribution is 9.10. The van der Waals surface area contributed by atoms with Crippen molar-refractivity contribution >= 4 is 33.5 Å². The third-order valence-corrected chi connectivity index (χ3v) is 4.03. The predicted molar refractivity (Wildman–Crippen MR) is 90.8 cm³/mol. The van der Waals surface area contributed by atoms with Gasteiger partial charge in [0.1, 0.15) is 5.69 Å². The Balaban J connectivity index is 1.61. The van der Waals surface area contributed by atoms with Crippen molar-refractivity contribution in [1.82, 2.24) is 15.3 Å². The molecule has 1 atom stereocenters. The lowest BCUT2D eigenvalue weighted by atomic mass is 10.2. The number of nitrogens with zero attached hydrogens (tertiary/aromatic N) is 2. The molecule has 23 heavy (non-hydrogen) atoms. The highest BCUT2D eigenvalue weighted by Gasteiger charge is 2.17. The van der Waals surface area contributed by atoms with Gasteiger partial charge in [0.15, 0.2) is 0 Å². The Morgan fingerprint density at radius 3 is 2.87 bits per heavy atom. The van der Waals surface area contributed by atoms with Crippen LogP contribution in [0.1, 0.15) is 23.3 Å². The number of hydrogen-bond acceptors (Lipinski definition) is 5. The Hall–Kier alpha value is -1.99. The van der Waals surface area contributed by atoms with Crippen LogP contribution < -0.4 is 10.6 Å². The first-order valence-electron chi connectivity index (χ1n) is 7.46. The Bertz CT molecular complexity index is 672. The van der Waals surface area contributed by atoms with Crippen LogP contribution in [0.15, 0.2) is 41.0 Å². The lowest BCUT2D eigenvalue weighted by Crippen LogP contribution is -2.32. The molecule has 2 N–H and O–H groups in total. The van der Waals surface area contributed by atoms with Gasteiger partial charge in [0.25, 0.3) is 5.91 Å². The third kappa shape index (κ3) is 4.49. The molecule has 1 aromatic heterocycles. The molecule has 0 aliphatic carbocycles. The van der Waals surface area contributed by atoms with Gasteiger partial charge in [-0.3, -0.25) is 4.79 Å². The second kappa shape index (κ2) is 7.52. The first-order valence-corrected chi connectivity index (χ1v) is 8.25. The second-order valence-corrected chi connectivity index (χ2v) is 6.16. The van der Waals surface area contributed by atoms with Crippen LogP contribution in [0, 0.1) is 0 Å². The summed E-state index contributed by atoms with van der Waals surface area (Å²) in [6.45, 7) is 1.29. The fourth-order valence-corrected chi connectivity index (χ4v) is 2.57. The summed E-state index contributed by atoms with van der Waals surface area (Å²) in [4.78, 5) is 20.5. The maximum absolute atomic E-state index is 12.2. The summed E-state index contributed by atoms with van der Waals surface area (Å²) >= 11 is 3.38. The van der Waals surface area contributed by atoms with E-state index in [0.717, 1.165) is 29.6 Å². The molecule has 1 amide bonds. The lowest BCUT2D eigenvalue weighted by molar-refractivity contribution is 0.0853. The van der Waals surface area contributed by atoms with Crippen molar-refractivity contribution in [3.63, 3.8) is 0 Å². The SMILES string of the molecule is O=C(NCC1CCCO1)c1ccnc(Nc2ccc(Br)cc2)n1. The monoisotopic (exact) mass is 376 g/mol. The van der Waals surface area contributed by atoms with Gasteiger partial charge in [0.2, 0.25) is 5.95 Å². The van der Waals surface area contributed by atoms with Crippen molar-refractivity contribution in [2.45, 2.75) is 18.9 Å². The molecule has 1 aliphatic rings. The van der Waals surface area contributed by atoms with Gasteiger partial charge in [0, 0.05) is 29.5 Å². The topological polar surface area (TPSA) is 76.1 Å². The number of rotatable bonds is 5. The Labute approximate surface area is 142 Å². The van der Waals surface area contributed by atoms with Crippen LogP contribution in [0.25, 0.3) is 0 Å². The third-order valence-electron chi connectivity index (χ3n) is 3.50. The zero-order chi connectivity index (χ0) is 16.1. The van der Waals surface area contributed by atoms with Crippen LogP contribution in [0.5, 0.6) is 0 Å². The quantitative estimate of drug-likeness (QED) is 0.838. The molecule has 3 rings (SSSR count). The van der Waals surface area contributed by atoms with E-state index in [2.05, 4.69) is 36.5 Å². The maximum atomic E-state index is 12.2. The van der Waals surface area contributed by atoms with E-state index in [1.165, 1.54) is 0 Å². The molecule has 1 aliphatic heterocycles. The Kier molecular flexibility index (Phi) is 5.19. The van der Waals surface area contributed by atoms with Gasteiger partial charge in [-0.25, -0.2) is 9.97 Å². The van der Waals surface area contributed by atoms with E-state index < -0.39 is 0 Å². The number of amides is 1. The summed E-state index contributed by atoms with van der Waals surface area (Å²) in [5.41, 5.74) is 1.18. The van der Waals surface area contributed by atoms with Gasteiger partial charge in [-0.1, -0.05) is 15.9 Å². The Morgan fingerprint density at radius 1 is 1.30 bits per heavy atom. The van der Waals surface area contributed by atoms with Crippen molar-refractivity contribution in [2.75, 3.05) is 18.5 Å². The van der Waals surface area contributed by atoms with E-state index in [0.29, 0.717) is 18.2 Å². The molecule has 1 saturated heterocycles. The molecular weight excluding hydrogens is 360 g/mol. The van der Waals surface area contributed by atoms with E-state index in [1.807, 2.05) is 24.3 Å². The van der Waals surface area contributed by atoms with E-state index in [9.17, 15) is 4.79 Å². The molecule has 120 valence electrons. The minimum Gasteiger partial charge on any atom is -0.376 e. The van der Waals surface area contributed by atoms with Gasteiger partial charge in [-0.05, 0) is 43.2 Å². The van der Waals surface area contributed by atoms with Gasteiger partial charge in [-0.15, -0.1) is 0 Å². The molecule has 1 unspecified atom stereocenters. The lowest BCUT2D eigenvalue weighted by Gasteiger charge is -2.11. The molecule has 7 heteroatoms. The molecule has 1 fully saturated rings. The molecule has 1 aromatic carbocycles. The molecule has 0 radical (unpaired) electrons. The van der Waals surface area contributed by atoms with Crippen molar-refractivity contribution in [3.8, 4) is 0 Å². The van der Waals surface area contributed by atoms with Crippen LogP contribution in [-0.4, -0.2) is 35.1 Å². The van der Waals surface area contributed by atoms with Gasteiger partial charge >= 0.3 is 0 Å². The minimum atomic E-state index is -0.221. The predicted octanol–water partition coefficient (Wildman–Crippen LogP) is 2.89. The number of halogens is 1. The second-order valence-electron chi connectivity index (χ2n) is 5.24. The molecule has 0 saturated carbocycles. The van der Waals surface area contributed by atoms with Crippen LogP contribution in [-0.2, 0) is 4.74 Å². The number of carbonyl (C=O) groups excluding carboxylic acids is 1. The molecular formula is C16H17BrN4O2. The van der Waals surface area contributed by atoms with E-state index >= 15 is 0 Å². The van der Waals surface area contributed by atoms with Crippen molar-refractivity contribution in [2.24, 2.45) is 0 Å². The summed E-state index contributed by atoms with van der Waals surface area (Å²) in [5.74, 6) is 0.166. The average molecular weight is 377 g/mol. The molecule has 0 bridgehead atoms. The molecule has 6 nitrogen and oxygen atoms in total. The van der Waals surface area contributed by atoms with E-state index in [-0.39, 0.29) is 12.0 Å². The van der Waals surface area contributed by atoms with Crippen molar-refractivity contribution in [1.29, 1.82) is 0 Å². The summed E-state index contributed by atoms with van der Waals surface area (Å²) in [6.07, 6.45) is 3.71. The first-order chi connectivity index (χ1) is 11.2. The number of nitrogens with one attached hydrogen (secondary N) is 2. The fraction of sp³-hybridized carbons (Fsp3) is 0.312. The zero-order valence-corrected chi connectivity index (χ0v) is 14.0. The summed E-state index contributed by atoms with van der Waals surface area (Å²) in [7, 11) is 0. The normalized spacial score (nSPS) is 17.0. The van der Waals surface area contributed by atoms with Crippen LogP contribution in [0.2, 0.25) is 0 Å². The highest BCUT2D eigenvalue weighted by atomic mass is 79.9. The first kappa shape index (κ1) is 15.9. The molecule has 0 spiro atoms. The number of ether oxygens (including phenoxy) is 1. The van der Waals surface area contributed by atoms with Gasteiger partial charge in [-0.2, -0.15) is 0 Å². The van der Waals surface area contributed by atoms with Crippen LogP contribution in [0.4, 0.5) is 11.6 Å². The smallest absolute Gasteiger partial charge is 0.270 e. The van der Waals surface area contributed by atoms with Gasteiger partial charge in [0.05, 0.1) is 6.10 Å². The number of carbonyl (C=O) groups is 1. The number of hydrogen-bond donors (Lipinski definition) is 2. The molecule has 2 heterocycles.